The van der Waals surface area contributed by atoms with Crippen LogP contribution in [0.1, 0.15) is 24.8 Å². The standard InChI is InChI=1S/C15H19ClN2O/c16-12-3-1-11(2-4-12)9-15(19)18-13-5-6-14(18)10-17-8-7-13/h1-4,13-14,17H,5-10H2. The fraction of sp³-hybridized carbons (Fsp3) is 0.533. The van der Waals surface area contributed by atoms with Crippen molar-refractivity contribution in [1.29, 1.82) is 0 Å². The van der Waals surface area contributed by atoms with Crippen molar-refractivity contribution in [3.05, 3.63) is 34.9 Å². The van der Waals surface area contributed by atoms with Crippen LogP contribution in [-0.2, 0) is 11.2 Å². The highest BCUT2D eigenvalue weighted by Gasteiger charge is 2.37. The van der Waals surface area contributed by atoms with E-state index in [4.69, 9.17) is 11.6 Å². The van der Waals surface area contributed by atoms with Crippen molar-refractivity contribution in [2.75, 3.05) is 13.1 Å². The first-order chi connectivity index (χ1) is 9.24. The van der Waals surface area contributed by atoms with Crippen LogP contribution in [0, 0.1) is 0 Å². The van der Waals surface area contributed by atoms with Gasteiger partial charge in [-0.25, -0.2) is 0 Å². The Morgan fingerprint density at radius 2 is 1.95 bits per heavy atom. The zero-order chi connectivity index (χ0) is 13.2. The molecule has 2 saturated heterocycles. The molecule has 0 aromatic heterocycles. The highest BCUT2D eigenvalue weighted by atomic mass is 35.5. The highest BCUT2D eigenvalue weighted by molar-refractivity contribution is 6.30. The van der Waals surface area contributed by atoms with Crippen molar-refractivity contribution in [2.24, 2.45) is 0 Å². The van der Waals surface area contributed by atoms with Crippen LogP contribution in [-0.4, -0.2) is 36.0 Å². The van der Waals surface area contributed by atoms with Crippen LogP contribution in [0.2, 0.25) is 5.02 Å². The minimum atomic E-state index is 0.263. The van der Waals surface area contributed by atoms with Crippen molar-refractivity contribution < 1.29 is 4.79 Å². The minimum absolute atomic E-state index is 0.263. The third kappa shape index (κ3) is 2.77. The maximum absolute atomic E-state index is 12.5. The van der Waals surface area contributed by atoms with Gasteiger partial charge in [0.1, 0.15) is 0 Å². The van der Waals surface area contributed by atoms with E-state index in [1.807, 2.05) is 24.3 Å². The molecule has 2 fully saturated rings. The Morgan fingerprint density at radius 1 is 1.21 bits per heavy atom. The summed E-state index contributed by atoms with van der Waals surface area (Å²) in [5.74, 6) is 0.263. The van der Waals surface area contributed by atoms with E-state index in [0.29, 0.717) is 18.5 Å². The number of hydrogen-bond donors (Lipinski definition) is 1. The largest absolute Gasteiger partial charge is 0.335 e. The summed E-state index contributed by atoms with van der Waals surface area (Å²) in [7, 11) is 0. The van der Waals surface area contributed by atoms with Gasteiger partial charge in [0, 0.05) is 23.7 Å². The lowest BCUT2D eigenvalue weighted by Crippen LogP contribution is -2.43. The molecule has 0 spiro atoms. The normalized spacial score (nSPS) is 26.3. The maximum Gasteiger partial charge on any atom is 0.227 e. The van der Waals surface area contributed by atoms with Crippen LogP contribution in [0.5, 0.6) is 0 Å². The van der Waals surface area contributed by atoms with Gasteiger partial charge in [0.15, 0.2) is 0 Å². The van der Waals surface area contributed by atoms with Crippen LogP contribution in [0.15, 0.2) is 24.3 Å². The average molecular weight is 279 g/mol. The molecule has 0 saturated carbocycles. The lowest BCUT2D eigenvalue weighted by Gasteiger charge is -2.28. The number of carbonyl (C=O) groups is 1. The number of carbonyl (C=O) groups excluding carboxylic acids is 1. The van der Waals surface area contributed by atoms with Crippen molar-refractivity contribution in [1.82, 2.24) is 10.2 Å². The van der Waals surface area contributed by atoms with E-state index in [1.54, 1.807) is 0 Å². The Balaban J connectivity index is 1.71. The van der Waals surface area contributed by atoms with Gasteiger partial charge in [-0.05, 0) is 43.5 Å². The summed E-state index contributed by atoms with van der Waals surface area (Å²) in [6.07, 6.45) is 3.88. The number of rotatable bonds is 2. The van der Waals surface area contributed by atoms with Crippen LogP contribution in [0.4, 0.5) is 0 Å². The second-order valence-corrected chi connectivity index (χ2v) is 5.92. The van der Waals surface area contributed by atoms with E-state index in [9.17, 15) is 4.79 Å². The van der Waals surface area contributed by atoms with Crippen LogP contribution in [0.3, 0.4) is 0 Å². The summed E-state index contributed by atoms with van der Waals surface area (Å²) in [6.45, 7) is 1.98. The topological polar surface area (TPSA) is 32.3 Å². The van der Waals surface area contributed by atoms with Crippen LogP contribution in [0.25, 0.3) is 0 Å². The molecule has 2 bridgehead atoms. The monoisotopic (exact) mass is 278 g/mol. The van der Waals surface area contributed by atoms with E-state index >= 15 is 0 Å². The minimum Gasteiger partial charge on any atom is -0.335 e. The fourth-order valence-corrected chi connectivity index (χ4v) is 3.38. The summed E-state index contributed by atoms with van der Waals surface area (Å²) < 4.78 is 0. The lowest BCUT2D eigenvalue weighted by molar-refractivity contribution is -0.133. The lowest BCUT2D eigenvalue weighted by atomic mass is 10.1. The summed E-state index contributed by atoms with van der Waals surface area (Å²) in [4.78, 5) is 14.7. The SMILES string of the molecule is O=C(Cc1ccc(Cl)cc1)N1C2CCNCC1CC2. The molecule has 2 unspecified atom stereocenters. The molecule has 3 rings (SSSR count). The molecule has 2 aliphatic heterocycles. The number of fused-ring (bicyclic) bond motifs is 2. The van der Waals surface area contributed by atoms with Gasteiger partial charge in [-0.1, -0.05) is 23.7 Å². The van der Waals surface area contributed by atoms with E-state index < -0.39 is 0 Å². The number of halogens is 1. The van der Waals surface area contributed by atoms with Gasteiger partial charge in [0.25, 0.3) is 0 Å². The molecular formula is C15H19ClN2O. The zero-order valence-electron chi connectivity index (χ0n) is 10.9. The third-order valence-electron chi connectivity index (χ3n) is 4.21. The quantitative estimate of drug-likeness (QED) is 0.900. The van der Waals surface area contributed by atoms with E-state index in [2.05, 4.69) is 10.2 Å². The van der Waals surface area contributed by atoms with Gasteiger partial charge in [0.05, 0.1) is 6.42 Å². The smallest absolute Gasteiger partial charge is 0.227 e. The second kappa shape index (κ2) is 5.51. The zero-order valence-corrected chi connectivity index (χ0v) is 11.7. The first-order valence-electron chi connectivity index (χ1n) is 7.00. The van der Waals surface area contributed by atoms with Crippen LogP contribution < -0.4 is 5.32 Å². The summed E-state index contributed by atoms with van der Waals surface area (Å²) >= 11 is 5.87. The first kappa shape index (κ1) is 12.9. The van der Waals surface area contributed by atoms with Crippen molar-refractivity contribution in [3.63, 3.8) is 0 Å². The molecule has 102 valence electrons. The predicted molar refractivity (Wildman–Crippen MR) is 76.3 cm³/mol. The number of nitrogens with zero attached hydrogens (tertiary/aromatic N) is 1. The average Bonchev–Trinajstić information content (AvgIpc) is 2.66. The molecule has 1 aromatic carbocycles. The summed E-state index contributed by atoms with van der Waals surface area (Å²) in [5.41, 5.74) is 1.05. The second-order valence-electron chi connectivity index (χ2n) is 5.48. The molecule has 2 atom stereocenters. The number of benzene rings is 1. The van der Waals surface area contributed by atoms with Gasteiger partial charge in [-0.15, -0.1) is 0 Å². The summed E-state index contributed by atoms with van der Waals surface area (Å²) in [6, 6.07) is 8.43. The Bertz CT molecular complexity index is 446. The molecule has 1 amide bonds. The van der Waals surface area contributed by atoms with Gasteiger partial charge < -0.3 is 10.2 Å². The predicted octanol–water partition coefficient (Wildman–Crippen LogP) is 2.24. The molecule has 4 heteroatoms. The molecule has 2 heterocycles. The summed E-state index contributed by atoms with van der Waals surface area (Å²) in [5, 5.41) is 4.14. The molecule has 2 aliphatic rings. The number of hydrogen-bond acceptors (Lipinski definition) is 2. The Morgan fingerprint density at radius 3 is 2.74 bits per heavy atom. The molecule has 1 N–H and O–H groups in total. The number of nitrogens with one attached hydrogen (secondary N) is 1. The van der Waals surface area contributed by atoms with Gasteiger partial charge in [0.2, 0.25) is 5.91 Å². The molecular weight excluding hydrogens is 260 g/mol. The first-order valence-corrected chi connectivity index (χ1v) is 7.38. The third-order valence-corrected chi connectivity index (χ3v) is 4.46. The molecule has 0 radical (unpaired) electrons. The van der Waals surface area contributed by atoms with E-state index in [1.165, 1.54) is 6.42 Å². The number of amides is 1. The molecule has 1 aromatic rings. The van der Waals surface area contributed by atoms with E-state index in [-0.39, 0.29) is 5.91 Å². The van der Waals surface area contributed by atoms with Crippen molar-refractivity contribution >= 4 is 17.5 Å². The highest BCUT2D eigenvalue weighted by Crippen LogP contribution is 2.28. The molecule has 3 nitrogen and oxygen atoms in total. The Hall–Kier alpha value is -1.06. The molecule has 19 heavy (non-hydrogen) atoms. The fourth-order valence-electron chi connectivity index (χ4n) is 3.26. The Labute approximate surface area is 118 Å². The van der Waals surface area contributed by atoms with Gasteiger partial charge in [-0.2, -0.15) is 0 Å². The van der Waals surface area contributed by atoms with Crippen molar-refractivity contribution in [3.8, 4) is 0 Å². The van der Waals surface area contributed by atoms with Crippen molar-refractivity contribution in [2.45, 2.75) is 37.8 Å². The van der Waals surface area contributed by atoms with E-state index in [0.717, 1.165) is 36.5 Å². The maximum atomic E-state index is 12.5. The molecule has 0 aliphatic carbocycles. The van der Waals surface area contributed by atoms with Gasteiger partial charge >= 0.3 is 0 Å². The van der Waals surface area contributed by atoms with Gasteiger partial charge in [-0.3, -0.25) is 4.79 Å². The Kier molecular flexibility index (Phi) is 3.76. The van der Waals surface area contributed by atoms with Crippen LogP contribution >= 0.6 is 11.6 Å².